The standard InChI is InChI=1S/C21H36.H2S/c1-2-3-4-5-6-7-8-9-10-11-12-13-15-18-21-19-16-14-17-20-21;/h14,16-17,19-20H,2-13,15,18H2,1H3;1H2. The molecule has 22 heavy (non-hydrogen) atoms. The van der Waals surface area contributed by atoms with E-state index in [1.807, 2.05) is 0 Å². The van der Waals surface area contributed by atoms with E-state index in [1.54, 1.807) is 0 Å². The Hall–Kier alpha value is -0.430. The number of hydrogen-bond acceptors (Lipinski definition) is 0. The summed E-state index contributed by atoms with van der Waals surface area (Å²) in [5, 5.41) is 0. The van der Waals surface area contributed by atoms with Crippen molar-refractivity contribution in [3.8, 4) is 0 Å². The maximum atomic E-state index is 2.29. The van der Waals surface area contributed by atoms with Gasteiger partial charge in [0.2, 0.25) is 0 Å². The van der Waals surface area contributed by atoms with Gasteiger partial charge in [-0.1, -0.05) is 114 Å². The highest BCUT2D eigenvalue weighted by Gasteiger charge is 1.95. The van der Waals surface area contributed by atoms with Crippen LogP contribution in [-0.2, 0) is 6.42 Å². The molecule has 0 atom stereocenters. The van der Waals surface area contributed by atoms with E-state index in [0.29, 0.717) is 0 Å². The number of unbranched alkanes of at least 4 members (excludes halogenated alkanes) is 12. The summed E-state index contributed by atoms with van der Waals surface area (Å²) in [5.74, 6) is 0. The molecule has 1 rings (SSSR count). The molecule has 128 valence electrons. The van der Waals surface area contributed by atoms with Crippen molar-refractivity contribution in [1.82, 2.24) is 0 Å². The molecule has 1 aromatic carbocycles. The highest BCUT2D eigenvalue weighted by Crippen LogP contribution is 2.13. The van der Waals surface area contributed by atoms with Gasteiger partial charge < -0.3 is 0 Å². The van der Waals surface area contributed by atoms with E-state index in [0.717, 1.165) is 0 Å². The second-order valence-corrected chi connectivity index (χ2v) is 6.48. The van der Waals surface area contributed by atoms with Gasteiger partial charge in [-0.15, -0.1) is 0 Å². The fourth-order valence-corrected chi connectivity index (χ4v) is 2.99. The predicted octanol–water partition coefficient (Wildman–Crippen LogP) is 7.43. The first kappa shape index (κ1) is 21.6. The minimum Gasteiger partial charge on any atom is -0.197 e. The molecular weight excluding hydrogens is 284 g/mol. The Labute approximate surface area is 146 Å². The predicted molar refractivity (Wildman–Crippen MR) is 106 cm³/mol. The van der Waals surface area contributed by atoms with Gasteiger partial charge in [0, 0.05) is 0 Å². The maximum absolute atomic E-state index is 2.29. The van der Waals surface area contributed by atoms with Crippen molar-refractivity contribution in [1.29, 1.82) is 0 Å². The Morgan fingerprint density at radius 2 is 0.955 bits per heavy atom. The minimum absolute atomic E-state index is 0. The van der Waals surface area contributed by atoms with Crippen LogP contribution in [-0.4, -0.2) is 0 Å². The zero-order valence-electron chi connectivity index (χ0n) is 14.8. The number of aryl methyl sites for hydroxylation is 1. The first-order valence-corrected chi connectivity index (χ1v) is 9.47. The topological polar surface area (TPSA) is 0 Å². The average Bonchev–Trinajstić information content (AvgIpc) is 2.53. The quantitative estimate of drug-likeness (QED) is 0.312. The highest BCUT2D eigenvalue weighted by atomic mass is 32.1. The SMILES string of the molecule is CCCCCCCCCCCCCCCc1ccccc1.S. The average molecular weight is 323 g/mol. The van der Waals surface area contributed by atoms with E-state index in [9.17, 15) is 0 Å². The summed E-state index contributed by atoms with van der Waals surface area (Å²) in [7, 11) is 0. The largest absolute Gasteiger partial charge is 0.197 e. The van der Waals surface area contributed by atoms with Crippen LogP contribution in [0.2, 0.25) is 0 Å². The lowest BCUT2D eigenvalue weighted by Gasteiger charge is -2.03. The van der Waals surface area contributed by atoms with Crippen LogP contribution in [0.1, 0.15) is 96.0 Å². The van der Waals surface area contributed by atoms with Crippen LogP contribution in [0.3, 0.4) is 0 Å². The molecule has 0 aliphatic heterocycles. The minimum atomic E-state index is 0. The Morgan fingerprint density at radius 1 is 0.545 bits per heavy atom. The van der Waals surface area contributed by atoms with Crippen molar-refractivity contribution in [2.24, 2.45) is 0 Å². The lowest BCUT2D eigenvalue weighted by Crippen LogP contribution is -1.86. The molecule has 0 bridgehead atoms. The van der Waals surface area contributed by atoms with E-state index in [4.69, 9.17) is 0 Å². The Bertz CT molecular complexity index is 307. The normalized spacial score (nSPS) is 10.4. The van der Waals surface area contributed by atoms with Crippen molar-refractivity contribution >= 4 is 13.5 Å². The van der Waals surface area contributed by atoms with Crippen LogP contribution in [0.25, 0.3) is 0 Å². The molecule has 0 unspecified atom stereocenters. The lowest BCUT2D eigenvalue weighted by atomic mass is 10.0. The van der Waals surface area contributed by atoms with Gasteiger partial charge in [0.05, 0.1) is 0 Å². The molecule has 0 saturated carbocycles. The fraction of sp³-hybridized carbons (Fsp3) is 0.714. The van der Waals surface area contributed by atoms with Crippen molar-refractivity contribution in [2.45, 2.75) is 96.8 Å². The molecule has 0 nitrogen and oxygen atoms in total. The molecular formula is C21H38S. The van der Waals surface area contributed by atoms with Crippen LogP contribution in [0.5, 0.6) is 0 Å². The summed E-state index contributed by atoms with van der Waals surface area (Å²) in [6.45, 7) is 2.29. The molecule has 0 saturated heterocycles. The summed E-state index contributed by atoms with van der Waals surface area (Å²) in [6, 6.07) is 10.9. The van der Waals surface area contributed by atoms with Crippen molar-refractivity contribution < 1.29 is 0 Å². The van der Waals surface area contributed by atoms with Crippen LogP contribution in [0, 0.1) is 0 Å². The summed E-state index contributed by atoms with van der Waals surface area (Å²) >= 11 is 0. The first-order chi connectivity index (χ1) is 10.4. The summed E-state index contributed by atoms with van der Waals surface area (Å²) in [6.07, 6.45) is 20.0. The van der Waals surface area contributed by atoms with E-state index in [1.165, 1.54) is 95.5 Å². The van der Waals surface area contributed by atoms with Gasteiger partial charge in [0.1, 0.15) is 0 Å². The summed E-state index contributed by atoms with van der Waals surface area (Å²) < 4.78 is 0. The molecule has 0 spiro atoms. The molecule has 0 aliphatic rings. The highest BCUT2D eigenvalue weighted by molar-refractivity contribution is 7.59. The summed E-state index contributed by atoms with van der Waals surface area (Å²) in [5.41, 5.74) is 1.50. The van der Waals surface area contributed by atoms with Gasteiger partial charge in [-0.05, 0) is 18.4 Å². The van der Waals surface area contributed by atoms with Gasteiger partial charge in [-0.3, -0.25) is 0 Å². The van der Waals surface area contributed by atoms with E-state index < -0.39 is 0 Å². The van der Waals surface area contributed by atoms with Crippen molar-refractivity contribution in [2.75, 3.05) is 0 Å². The third-order valence-corrected chi connectivity index (χ3v) is 4.41. The lowest BCUT2D eigenvalue weighted by molar-refractivity contribution is 0.539. The zero-order chi connectivity index (χ0) is 15.0. The van der Waals surface area contributed by atoms with Crippen molar-refractivity contribution in [3.05, 3.63) is 35.9 Å². The third-order valence-electron chi connectivity index (χ3n) is 4.41. The van der Waals surface area contributed by atoms with Gasteiger partial charge in [0.25, 0.3) is 0 Å². The molecule has 0 aromatic heterocycles. The van der Waals surface area contributed by atoms with Crippen molar-refractivity contribution in [3.63, 3.8) is 0 Å². The van der Waals surface area contributed by atoms with Gasteiger partial charge in [-0.25, -0.2) is 0 Å². The summed E-state index contributed by atoms with van der Waals surface area (Å²) in [4.78, 5) is 0. The smallest absolute Gasteiger partial charge is 0.0279 e. The number of rotatable bonds is 14. The van der Waals surface area contributed by atoms with Gasteiger partial charge >= 0.3 is 0 Å². The monoisotopic (exact) mass is 322 g/mol. The third kappa shape index (κ3) is 13.2. The molecule has 1 aromatic rings. The van der Waals surface area contributed by atoms with Gasteiger partial charge in [0.15, 0.2) is 0 Å². The molecule has 0 heterocycles. The Morgan fingerprint density at radius 3 is 1.41 bits per heavy atom. The number of hydrogen-bond donors (Lipinski definition) is 0. The van der Waals surface area contributed by atoms with Gasteiger partial charge in [-0.2, -0.15) is 13.5 Å². The molecule has 0 amide bonds. The van der Waals surface area contributed by atoms with Crippen LogP contribution in [0.15, 0.2) is 30.3 Å². The molecule has 0 fully saturated rings. The Balaban J connectivity index is 0.00000441. The maximum Gasteiger partial charge on any atom is -0.0279 e. The van der Waals surface area contributed by atoms with Crippen LogP contribution < -0.4 is 0 Å². The fourth-order valence-electron chi connectivity index (χ4n) is 2.99. The number of benzene rings is 1. The molecule has 1 heteroatoms. The molecule has 0 aliphatic carbocycles. The Kier molecular flexibility index (Phi) is 16.6. The zero-order valence-corrected chi connectivity index (χ0v) is 15.8. The molecule has 0 radical (unpaired) electrons. The van der Waals surface area contributed by atoms with Crippen LogP contribution in [0.4, 0.5) is 0 Å². The van der Waals surface area contributed by atoms with E-state index >= 15 is 0 Å². The first-order valence-electron chi connectivity index (χ1n) is 9.47. The van der Waals surface area contributed by atoms with Crippen LogP contribution >= 0.6 is 13.5 Å². The molecule has 0 N–H and O–H groups in total. The second kappa shape index (κ2) is 16.9. The van der Waals surface area contributed by atoms with E-state index in [-0.39, 0.29) is 13.5 Å². The second-order valence-electron chi connectivity index (χ2n) is 6.48. The van der Waals surface area contributed by atoms with E-state index in [2.05, 4.69) is 37.3 Å².